The molecule has 1 fully saturated rings. The average molecular weight is 530 g/mol. The van der Waals surface area contributed by atoms with Gasteiger partial charge in [0.25, 0.3) is 0 Å². The number of ether oxygens (including phenoxy) is 1. The van der Waals surface area contributed by atoms with E-state index in [1.165, 1.54) is 24.4 Å². The van der Waals surface area contributed by atoms with Gasteiger partial charge < -0.3 is 14.7 Å². The first-order chi connectivity index (χ1) is 17.5. The molecule has 196 valence electrons. The first-order valence-corrected chi connectivity index (χ1v) is 12.6. The van der Waals surface area contributed by atoms with Crippen LogP contribution in [0, 0.1) is 24.0 Å². The lowest BCUT2D eigenvalue weighted by Crippen LogP contribution is -2.38. The third-order valence-corrected chi connectivity index (χ3v) is 7.15. The Hall–Kier alpha value is -3.26. The third kappa shape index (κ3) is 6.36. The molecule has 1 aliphatic rings. The highest BCUT2D eigenvalue weighted by atomic mass is 35.5. The van der Waals surface area contributed by atoms with Crippen LogP contribution in [0.15, 0.2) is 36.7 Å². The molecule has 0 radical (unpaired) electrons. The van der Waals surface area contributed by atoms with Gasteiger partial charge >= 0.3 is 5.97 Å². The standard InChI is InChI=1S/C28H30ClF2N3O3/c1-17-20(14-25(35)36)26(34-9-7-28(2,3)8-10-34)21(16-32-17)19-13-24(31)27(33-15-19)37-11-6-18-4-5-23(30)22(29)12-18/h4-5,12-13,15-16H,6-11,14H2,1-3H3,(H,35,36). The Morgan fingerprint density at radius 3 is 2.51 bits per heavy atom. The number of aliphatic carboxylic acids is 1. The minimum atomic E-state index is -0.948. The summed E-state index contributed by atoms with van der Waals surface area (Å²) >= 11 is 5.81. The highest BCUT2D eigenvalue weighted by Gasteiger charge is 2.29. The molecule has 1 N–H and O–H groups in total. The molecule has 9 heteroatoms. The zero-order valence-electron chi connectivity index (χ0n) is 21.2. The largest absolute Gasteiger partial charge is 0.481 e. The maximum atomic E-state index is 15.1. The number of hydrogen-bond donors (Lipinski definition) is 1. The minimum Gasteiger partial charge on any atom is -0.481 e. The van der Waals surface area contributed by atoms with Crippen molar-refractivity contribution in [2.75, 3.05) is 24.6 Å². The van der Waals surface area contributed by atoms with Gasteiger partial charge in [0.15, 0.2) is 5.82 Å². The molecule has 37 heavy (non-hydrogen) atoms. The van der Waals surface area contributed by atoms with Crippen LogP contribution in [-0.4, -0.2) is 40.7 Å². The van der Waals surface area contributed by atoms with E-state index in [-0.39, 0.29) is 29.3 Å². The van der Waals surface area contributed by atoms with Gasteiger partial charge in [-0.15, -0.1) is 0 Å². The molecule has 0 saturated carbocycles. The lowest BCUT2D eigenvalue weighted by atomic mass is 9.82. The second-order valence-electron chi connectivity index (χ2n) is 10.2. The highest BCUT2D eigenvalue weighted by Crippen LogP contribution is 2.40. The molecule has 1 saturated heterocycles. The van der Waals surface area contributed by atoms with E-state index in [4.69, 9.17) is 16.3 Å². The zero-order chi connectivity index (χ0) is 26.7. The van der Waals surface area contributed by atoms with E-state index in [2.05, 4.69) is 28.7 Å². The summed E-state index contributed by atoms with van der Waals surface area (Å²) in [6.45, 7) is 7.91. The number of piperidine rings is 1. The van der Waals surface area contributed by atoms with E-state index in [0.29, 0.717) is 28.8 Å². The predicted molar refractivity (Wildman–Crippen MR) is 139 cm³/mol. The van der Waals surface area contributed by atoms with Crippen molar-refractivity contribution < 1.29 is 23.4 Å². The molecule has 0 bridgehead atoms. The van der Waals surface area contributed by atoms with Gasteiger partial charge in [-0.05, 0) is 48.9 Å². The van der Waals surface area contributed by atoms with Crippen LogP contribution in [0.2, 0.25) is 5.02 Å². The third-order valence-electron chi connectivity index (χ3n) is 6.86. The summed E-state index contributed by atoms with van der Waals surface area (Å²) < 4.78 is 33.9. The average Bonchev–Trinajstić information content (AvgIpc) is 2.83. The number of aryl methyl sites for hydroxylation is 1. The number of rotatable bonds is 8. The number of hydrogen-bond acceptors (Lipinski definition) is 5. The molecule has 1 aliphatic heterocycles. The van der Waals surface area contributed by atoms with E-state index < -0.39 is 17.6 Å². The van der Waals surface area contributed by atoms with Crippen molar-refractivity contribution in [1.29, 1.82) is 0 Å². The molecule has 3 aromatic rings. The fourth-order valence-corrected chi connectivity index (χ4v) is 4.75. The predicted octanol–water partition coefficient (Wildman–Crippen LogP) is 6.26. The van der Waals surface area contributed by atoms with Crippen LogP contribution in [-0.2, 0) is 17.6 Å². The van der Waals surface area contributed by atoms with Crippen molar-refractivity contribution in [3.63, 3.8) is 0 Å². The first kappa shape index (κ1) is 26.8. The summed E-state index contributed by atoms with van der Waals surface area (Å²) in [7, 11) is 0. The Balaban J connectivity index is 1.60. The summed E-state index contributed by atoms with van der Waals surface area (Å²) in [5.41, 5.74) is 4.14. The normalized spacial score (nSPS) is 15.0. The Morgan fingerprint density at radius 1 is 1.14 bits per heavy atom. The van der Waals surface area contributed by atoms with Crippen LogP contribution in [0.5, 0.6) is 5.88 Å². The Morgan fingerprint density at radius 2 is 1.86 bits per heavy atom. The van der Waals surface area contributed by atoms with Gasteiger partial charge in [-0.2, -0.15) is 0 Å². The zero-order valence-corrected chi connectivity index (χ0v) is 21.9. The number of pyridine rings is 2. The SMILES string of the molecule is Cc1ncc(-c2cnc(OCCc3ccc(F)c(Cl)c3)c(F)c2)c(N2CCC(C)(C)CC2)c1CC(=O)O. The van der Waals surface area contributed by atoms with E-state index >= 15 is 4.39 Å². The van der Waals surface area contributed by atoms with Crippen molar-refractivity contribution in [2.45, 2.75) is 46.5 Å². The molecular weight excluding hydrogens is 500 g/mol. The van der Waals surface area contributed by atoms with Crippen LogP contribution in [0.4, 0.5) is 14.5 Å². The molecule has 4 rings (SSSR count). The van der Waals surface area contributed by atoms with Gasteiger partial charge in [-0.3, -0.25) is 9.78 Å². The van der Waals surface area contributed by atoms with E-state index in [0.717, 1.165) is 37.2 Å². The lowest BCUT2D eigenvalue weighted by Gasteiger charge is -2.40. The van der Waals surface area contributed by atoms with E-state index in [1.54, 1.807) is 19.2 Å². The second-order valence-corrected chi connectivity index (χ2v) is 10.6. The van der Waals surface area contributed by atoms with Gasteiger partial charge in [0.05, 0.1) is 23.7 Å². The summed E-state index contributed by atoms with van der Waals surface area (Å²) in [6.07, 6.45) is 5.32. The topological polar surface area (TPSA) is 75.6 Å². The van der Waals surface area contributed by atoms with Crippen LogP contribution in [0.1, 0.15) is 43.5 Å². The Labute approximate surface area is 220 Å². The smallest absolute Gasteiger partial charge is 0.307 e. The number of carboxylic acids is 1. The molecule has 0 amide bonds. The number of anilines is 1. The van der Waals surface area contributed by atoms with Crippen LogP contribution in [0.3, 0.4) is 0 Å². The molecule has 0 aliphatic carbocycles. The molecule has 3 heterocycles. The highest BCUT2D eigenvalue weighted by molar-refractivity contribution is 6.30. The van der Waals surface area contributed by atoms with Crippen LogP contribution < -0.4 is 9.64 Å². The van der Waals surface area contributed by atoms with Gasteiger partial charge in [-0.1, -0.05) is 31.5 Å². The monoisotopic (exact) mass is 529 g/mol. The summed E-state index contributed by atoms with van der Waals surface area (Å²) in [5.74, 6) is -2.24. The number of carboxylic acid groups (broad SMARTS) is 1. The summed E-state index contributed by atoms with van der Waals surface area (Å²) in [6, 6.07) is 5.72. The van der Waals surface area contributed by atoms with Crippen molar-refractivity contribution in [1.82, 2.24) is 9.97 Å². The first-order valence-electron chi connectivity index (χ1n) is 12.2. The van der Waals surface area contributed by atoms with Crippen molar-refractivity contribution >= 4 is 23.3 Å². The van der Waals surface area contributed by atoms with Gasteiger partial charge in [0, 0.05) is 54.3 Å². The van der Waals surface area contributed by atoms with Crippen molar-refractivity contribution in [2.24, 2.45) is 5.41 Å². The fraction of sp³-hybridized carbons (Fsp3) is 0.393. The minimum absolute atomic E-state index is 0.0215. The summed E-state index contributed by atoms with van der Waals surface area (Å²) in [4.78, 5) is 22.5. The van der Waals surface area contributed by atoms with Crippen molar-refractivity contribution in [3.8, 4) is 17.0 Å². The number of benzene rings is 1. The number of nitrogens with zero attached hydrogens (tertiary/aromatic N) is 3. The van der Waals surface area contributed by atoms with Gasteiger partial charge in [0.1, 0.15) is 5.82 Å². The second kappa shape index (κ2) is 11.0. The van der Waals surface area contributed by atoms with E-state index in [9.17, 15) is 14.3 Å². The quantitative estimate of drug-likeness (QED) is 0.371. The number of halogens is 3. The maximum absolute atomic E-state index is 15.1. The van der Waals surface area contributed by atoms with Crippen LogP contribution in [0.25, 0.3) is 11.1 Å². The molecule has 0 spiro atoms. The Kier molecular flexibility index (Phi) is 7.97. The fourth-order valence-electron chi connectivity index (χ4n) is 4.54. The van der Waals surface area contributed by atoms with Gasteiger partial charge in [-0.25, -0.2) is 13.8 Å². The Bertz CT molecular complexity index is 1310. The molecular formula is C28H30ClF2N3O3. The lowest BCUT2D eigenvalue weighted by molar-refractivity contribution is -0.136. The number of carbonyl (C=O) groups is 1. The molecule has 6 nitrogen and oxygen atoms in total. The van der Waals surface area contributed by atoms with Crippen LogP contribution >= 0.6 is 11.6 Å². The van der Waals surface area contributed by atoms with E-state index in [1.807, 2.05) is 0 Å². The molecule has 2 aromatic heterocycles. The van der Waals surface area contributed by atoms with Crippen molar-refractivity contribution in [3.05, 3.63) is 70.1 Å². The summed E-state index contributed by atoms with van der Waals surface area (Å²) in [5, 5.41) is 9.59. The number of aromatic nitrogens is 2. The molecule has 0 unspecified atom stereocenters. The maximum Gasteiger partial charge on any atom is 0.307 e. The molecule has 1 aromatic carbocycles. The van der Waals surface area contributed by atoms with Gasteiger partial charge in [0.2, 0.25) is 5.88 Å². The molecule has 0 atom stereocenters.